The molecule has 0 saturated carbocycles. The van der Waals surface area contributed by atoms with Gasteiger partial charge in [0.25, 0.3) is 0 Å². The van der Waals surface area contributed by atoms with Gasteiger partial charge in [0.05, 0.1) is 11.5 Å². The van der Waals surface area contributed by atoms with Gasteiger partial charge < -0.3 is 10.1 Å². The van der Waals surface area contributed by atoms with Crippen molar-refractivity contribution < 1.29 is 21.9 Å². The van der Waals surface area contributed by atoms with Gasteiger partial charge in [-0.15, -0.1) is 0 Å². The fourth-order valence-electron chi connectivity index (χ4n) is 2.39. The molecule has 1 heterocycles. The van der Waals surface area contributed by atoms with Gasteiger partial charge in [0.1, 0.15) is 5.75 Å². The average Bonchev–Trinajstić information content (AvgIpc) is 2.46. The first-order chi connectivity index (χ1) is 9.37. The number of para-hydroxylation sites is 1. The van der Waals surface area contributed by atoms with E-state index in [1.165, 1.54) is 6.07 Å². The molecule has 112 valence electrons. The second-order valence-corrected chi connectivity index (χ2v) is 7.21. The molecular weight excluding hydrogens is 288 g/mol. The van der Waals surface area contributed by atoms with Crippen molar-refractivity contribution in [2.24, 2.45) is 5.92 Å². The molecule has 1 aromatic carbocycles. The Bertz CT molecular complexity index is 562. The number of hydrogen-bond acceptors (Lipinski definition) is 4. The van der Waals surface area contributed by atoms with Gasteiger partial charge in [-0.1, -0.05) is 25.1 Å². The largest absolute Gasteiger partial charge is 0.434 e. The summed E-state index contributed by atoms with van der Waals surface area (Å²) in [5.74, 6) is 0.00733. The molecule has 0 radical (unpaired) electrons. The topological polar surface area (TPSA) is 55.4 Å². The number of sulfone groups is 1. The maximum atomic E-state index is 12.4. The molecule has 1 N–H and O–H groups in total. The van der Waals surface area contributed by atoms with Crippen LogP contribution in [-0.2, 0) is 9.84 Å². The predicted molar refractivity (Wildman–Crippen MR) is 71.6 cm³/mol. The lowest BCUT2D eigenvalue weighted by atomic mass is 10.1. The summed E-state index contributed by atoms with van der Waals surface area (Å²) in [6, 6.07) is 5.76. The molecule has 1 aliphatic heterocycles. The molecule has 4 nitrogen and oxygen atoms in total. The molecule has 7 heteroatoms. The minimum Gasteiger partial charge on any atom is -0.434 e. The maximum Gasteiger partial charge on any atom is 0.387 e. The van der Waals surface area contributed by atoms with Gasteiger partial charge >= 0.3 is 6.61 Å². The van der Waals surface area contributed by atoms with Crippen LogP contribution in [0.15, 0.2) is 24.3 Å². The van der Waals surface area contributed by atoms with Crippen molar-refractivity contribution in [1.82, 2.24) is 5.32 Å². The van der Waals surface area contributed by atoms with Gasteiger partial charge in [-0.05, 0) is 18.5 Å². The summed E-state index contributed by atoms with van der Waals surface area (Å²) in [5, 5.41) is 3.11. The van der Waals surface area contributed by atoms with Crippen molar-refractivity contribution in [3.8, 4) is 5.75 Å². The molecule has 0 amide bonds. The van der Waals surface area contributed by atoms with Crippen LogP contribution in [0.5, 0.6) is 5.75 Å². The fraction of sp³-hybridized carbons (Fsp3) is 0.538. The molecular formula is C13H17F2NO3S. The van der Waals surface area contributed by atoms with E-state index in [4.69, 9.17) is 0 Å². The van der Waals surface area contributed by atoms with Crippen LogP contribution in [0.2, 0.25) is 0 Å². The molecule has 2 unspecified atom stereocenters. The fourth-order valence-corrected chi connectivity index (χ4v) is 4.31. The Balaban J connectivity index is 2.30. The Morgan fingerprint density at radius 1 is 1.30 bits per heavy atom. The van der Waals surface area contributed by atoms with E-state index in [1.807, 2.05) is 6.92 Å². The lowest BCUT2D eigenvalue weighted by Crippen LogP contribution is -2.27. The number of rotatable bonds is 3. The molecule has 20 heavy (non-hydrogen) atoms. The Labute approximate surface area is 117 Å². The average molecular weight is 305 g/mol. The number of ether oxygens (including phenoxy) is 1. The van der Waals surface area contributed by atoms with Gasteiger partial charge in [-0.2, -0.15) is 8.78 Å². The van der Waals surface area contributed by atoms with E-state index in [0.717, 1.165) is 0 Å². The first-order valence-corrected chi connectivity index (χ1v) is 8.17. The minimum absolute atomic E-state index is 0.00632. The summed E-state index contributed by atoms with van der Waals surface area (Å²) in [6.07, 6.45) is 0. The van der Waals surface area contributed by atoms with E-state index in [1.54, 1.807) is 18.2 Å². The van der Waals surface area contributed by atoms with Gasteiger partial charge in [-0.25, -0.2) is 8.42 Å². The number of benzene rings is 1. The van der Waals surface area contributed by atoms with Crippen LogP contribution >= 0.6 is 0 Å². The van der Waals surface area contributed by atoms with E-state index < -0.39 is 22.5 Å². The molecule has 2 rings (SSSR count). The van der Waals surface area contributed by atoms with Crippen LogP contribution in [0.3, 0.4) is 0 Å². The molecule has 1 aromatic rings. The van der Waals surface area contributed by atoms with Crippen molar-refractivity contribution in [3.05, 3.63) is 29.8 Å². The predicted octanol–water partition coefficient (Wildman–Crippen LogP) is 1.98. The smallest absolute Gasteiger partial charge is 0.387 e. The summed E-state index contributed by atoms with van der Waals surface area (Å²) in [7, 11) is -3.22. The second kappa shape index (κ2) is 6.05. The first-order valence-electron chi connectivity index (χ1n) is 6.35. The van der Waals surface area contributed by atoms with Crippen LogP contribution in [0.1, 0.15) is 18.5 Å². The highest BCUT2D eigenvalue weighted by Crippen LogP contribution is 2.29. The molecule has 0 aliphatic carbocycles. The Kier molecular flexibility index (Phi) is 4.59. The van der Waals surface area contributed by atoms with Crippen LogP contribution in [0, 0.1) is 5.92 Å². The van der Waals surface area contributed by atoms with E-state index in [-0.39, 0.29) is 23.2 Å². The van der Waals surface area contributed by atoms with Crippen LogP contribution in [0.25, 0.3) is 0 Å². The molecule has 0 bridgehead atoms. The van der Waals surface area contributed by atoms with Crippen molar-refractivity contribution >= 4 is 9.84 Å². The van der Waals surface area contributed by atoms with Crippen LogP contribution in [0.4, 0.5) is 8.78 Å². The normalized spacial score (nSPS) is 26.2. The van der Waals surface area contributed by atoms with Crippen molar-refractivity contribution in [1.29, 1.82) is 0 Å². The number of alkyl halides is 2. The third-order valence-electron chi connectivity index (χ3n) is 3.18. The maximum absolute atomic E-state index is 12.4. The summed E-state index contributed by atoms with van der Waals surface area (Å²) >= 11 is 0. The standard InChI is InChI=1S/C13H17F2NO3S/c1-9-6-16-11(8-20(17,18)7-9)10-4-2-3-5-12(10)19-13(14)15/h2-5,9,11,13,16H,6-8H2,1H3. The van der Waals surface area contributed by atoms with Crippen LogP contribution in [-0.4, -0.2) is 33.1 Å². The summed E-state index contributed by atoms with van der Waals surface area (Å²) < 4.78 is 53.2. The highest BCUT2D eigenvalue weighted by atomic mass is 32.2. The Morgan fingerprint density at radius 3 is 2.70 bits per heavy atom. The minimum atomic E-state index is -3.22. The highest BCUT2D eigenvalue weighted by molar-refractivity contribution is 7.91. The zero-order valence-corrected chi connectivity index (χ0v) is 11.9. The van der Waals surface area contributed by atoms with E-state index in [2.05, 4.69) is 10.1 Å². The molecule has 1 saturated heterocycles. The number of hydrogen-bond donors (Lipinski definition) is 1. The van der Waals surface area contributed by atoms with Crippen LogP contribution < -0.4 is 10.1 Å². The van der Waals surface area contributed by atoms with Gasteiger partial charge in [0.15, 0.2) is 9.84 Å². The first kappa shape index (κ1) is 15.2. The third-order valence-corrected chi connectivity index (χ3v) is 5.10. The van der Waals surface area contributed by atoms with E-state index in [0.29, 0.717) is 12.1 Å². The van der Waals surface area contributed by atoms with E-state index >= 15 is 0 Å². The zero-order chi connectivity index (χ0) is 14.8. The second-order valence-electron chi connectivity index (χ2n) is 5.06. The lowest BCUT2D eigenvalue weighted by molar-refractivity contribution is -0.0506. The van der Waals surface area contributed by atoms with Crippen molar-refractivity contribution in [2.75, 3.05) is 18.1 Å². The molecule has 0 spiro atoms. The molecule has 2 atom stereocenters. The van der Waals surface area contributed by atoms with Gasteiger partial charge in [0.2, 0.25) is 0 Å². The Morgan fingerprint density at radius 2 is 2.00 bits per heavy atom. The molecule has 0 aromatic heterocycles. The van der Waals surface area contributed by atoms with E-state index in [9.17, 15) is 17.2 Å². The quantitative estimate of drug-likeness (QED) is 0.928. The van der Waals surface area contributed by atoms with Gasteiger partial charge in [0, 0.05) is 11.6 Å². The van der Waals surface area contributed by atoms with Crippen molar-refractivity contribution in [3.63, 3.8) is 0 Å². The monoisotopic (exact) mass is 305 g/mol. The molecule has 1 fully saturated rings. The zero-order valence-electron chi connectivity index (χ0n) is 11.1. The number of halogens is 2. The summed E-state index contributed by atoms with van der Waals surface area (Å²) in [4.78, 5) is 0. The summed E-state index contributed by atoms with van der Waals surface area (Å²) in [5.41, 5.74) is 0.450. The summed E-state index contributed by atoms with van der Waals surface area (Å²) in [6.45, 7) is -0.570. The lowest BCUT2D eigenvalue weighted by Gasteiger charge is -2.19. The van der Waals surface area contributed by atoms with Crippen molar-refractivity contribution in [2.45, 2.75) is 19.6 Å². The molecule has 1 aliphatic rings. The SMILES string of the molecule is CC1CNC(c2ccccc2OC(F)F)CS(=O)(=O)C1. The van der Waals surface area contributed by atoms with Gasteiger partial charge in [-0.3, -0.25) is 0 Å². The third kappa shape index (κ3) is 3.89. The highest BCUT2D eigenvalue weighted by Gasteiger charge is 2.29. The Hall–Kier alpha value is -1.21. The number of nitrogens with one attached hydrogen (secondary N) is 1.